The van der Waals surface area contributed by atoms with E-state index in [1.54, 1.807) is 21.8 Å². The van der Waals surface area contributed by atoms with Crippen molar-refractivity contribution in [1.82, 2.24) is 24.9 Å². The predicted molar refractivity (Wildman–Crippen MR) is 71.8 cm³/mol. The molecule has 0 saturated carbocycles. The SMILES string of the molecule is Cc1c(C(=O)NC(C)c2cnn(C)c2C)cnn1C. The highest BCUT2D eigenvalue weighted by Crippen LogP contribution is 2.17. The molecule has 0 aliphatic heterocycles. The second-order valence-corrected chi connectivity index (χ2v) is 4.77. The van der Waals surface area contributed by atoms with Gasteiger partial charge in [-0.25, -0.2) is 0 Å². The number of carbonyl (C=O) groups excluding carboxylic acids is 1. The maximum absolute atomic E-state index is 12.2. The van der Waals surface area contributed by atoms with Gasteiger partial charge in [-0.3, -0.25) is 14.2 Å². The van der Waals surface area contributed by atoms with Gasteiger partial charge in [0, 0.05) is 31.0 Å². The molecule has 0 aromatic carbocycles. The Morgan fingerprint density at radius 1 is 1.16 bits per heavy atom. The normalized spacial score (nSPS) is 12.5. The molecule has 6 heteroatoms. The maximum atomic E-state index is 12.2. The Bertz CT molecular complexity index is 611. The number of nitrogens with zero attached hydrogens (tertiary/aromatic N) is 4. The molecule has 0 fully saturated rings. The van der Waals surface area contributed by atoms with E-state index in [1.165, 1.54) is 0 Å². The van der Waals surface area contributed by atoms with Crippen molar-refractivity contribution >= 4 is 5.91 Å². The summed E-state index contributed by atoms with van der Waals surface area (Å²) in [6.07, 6.45) is 3.38. The summed E-state index contributed by atoms with van der Waals surface area (Å²) in [5, 5.41) is 11.2. The molecule has 2 rings (SSSR count). The summed E-state index contributed by atoms with van der Waals surface area (Å²) in [5.74, 6) is -0.110. The van der Waals surface area contributed by atoms with Crippen LogP contribution in [0.3, 0.4) is 0 Å². The van der Waals surface area contributed by atoms with Crippen LogP contribution in [-0.4, -0.2) is 25.5 Å². The van der Waals surface area contributed by atoms with Crippen LogP contribution in [0.1, 0.15) is 40.3 Å². The molecule has 2 heterocycles. The summed E-state index contributed by atoms with van der Waals surface area (Å²) in [4.78, 5) is 12.2. The van der Waals surface area contributed by atoms with Gasteiger partial charge in [0.05, 0.1) is 24.0 Å². The van der Waals surface area contributed by atoms with Crippen LogP contribution in [0.5, 0.6) is 0 Å². The lowest BCUT2D eigenvalue weighted by Crippen LogP contribution is -2.27. The van der Waals surface area contributed by atoms with Crippen molar-refractivity contribution in [2.24, 2.45) is 14.1 Å². The number of nitrogens with one attached hydrogen (secondary N) is 1. The van der Waals surface area contributed by atoms with Crippen molar-refractivity contribution in [3.8, 4) is 0 Å². The van der Waals surface area contributed by atoms with Crippen molar-refractivity contribution in [1.29, 1.82) is 0 Å². The van der Waals surface area contributed by atoms with E-state index in [2.05, 4.69) is 15.5 Å². The van der Waals surface area contributed by atoms with Gasteiger partial charge < -0.3 is 5.32 Å². The third kappa shape index (κ3) is 2.38. The Morgan fingerprint density at radius 3 is 2.21 bits per heavy atom. The van der Waals surface area contributed by atoms with Gasteiger partial charge in [-0.05, 0) is 20.8 Å². The number of rotatable bonds is 3. The summed E-state index contributed by atoms with van der Waals surface area (Å²) >= 11 is 0. The average Bonchev–Trinajstić information content (AvgIpc) is 2.85. The summed E-state index contributed by atoms with van der Waals surface area (Å²) < 4.78 is 3.49. The minimum atomic E-state index is -0.110. The molecular weight excluding hydrogens is 242 g/mol. The number of hydrogen-bond donors (Lipinski definition) is 1. The summed E-state index contributed by atoms with van der Waals surface area (Å²) in [5.41, 5.74) is 3.54. The fraction of sp³-hybridized carbons (Fsp3) is 0.462. The third-order valence-corrected chi connectivity index (χ3v) is 3.57. The minimum Gasteiger partial charge on any atom is -0.345 e. The Balaban J connectivity index is 2.15. The molecule has 0 spiro atoms. The van der Waals surface area contributed by atoms with Crippen molar-refractivity contribution in [3.05, 3.63) is 34.9 Å². The van der Waals surface area contributed by atoms with Crippen LogP contribution in [0.4, 0.5) is 0 Å². The first-order valence-corrected chi connectivity index (χ1v) is 6.19. The molecule has 2 aromatic rings. The summed E-state index contributed by atoms with van der Waals surface area (Å²) in [6, 6.07) is -0.0826. The first-order chi connectivity index (χ1) is 8.91. The van der Waals surface area contributed by atoms with Crippen molar-refractivity contribution in [2.75, 3.05) is 0 Å². The average molecular weight is 261 g/mol. The van der Waals surface area contributed by atoms with E-state index in [0.717, 1.165) is 17.0 Å². The molecule has 1 atom stereocenters. The molecule has 19 heavy (non-hydrogen) atoms. The van der Waals surface area contributed by atoms with Crippen LogP contribution in [0.25, 0.3) is 0 Å². The lowest BCUT2D eigenvalue weighted by Gasteiger charge is -2.13. The van der Waals surface area contributed by atoms with Crippen LogP contribution in [-0.2, 0) is 14.1 Å². The second-order valence-electron chi connectivity index (χ2n) is 4.77. The van der Waals surface area contributed by atoms with E-state index in [-0.39, 0.29) is 11.9 Å². The second kappa shape index (κ2) is 4.87. The van der Waals surface area contributed by atoms with E-state index in [1.807, 2.05) is 34.9 Å². The zero-order valence-corrected chi connectivity index (χ0v) is 11.9. The molecule has 0 aliphatic rings. The largest absolute Gasteiger partial charge is 0.345 e. The van der Waals surface area contributed by atoms with Crippen LogP contribution in [0.15, 0.2) is 12.4 Å². The fourth-order valence-corrected chi connectivity index (χ4v) is 2.01. The fourth-order valence-electron chi connectivity index (χ4n) is 2.01. The first-order valence-electron chi connectivity index (χ1n) is 6.19. The molecule has 2 aromatic heterocycles. The maximum Gasteiger partial charge on any atom is 0.255 e. The number of aromatic nitrogens is 4. The lowest BCUT2D eigenvalue weighted by molar-refractivity contribution is 0.0939. The minimum absolute atomic E-state index is 0.0826. The van der Waals surface area contributed by atoms with E-state index in [9.17, 15) is 4.79 Å². The third-order valence-electron chi connectivity index (χ3n) is 3.57. The van der Waals surface area contributed by atoms with Gasteiger partial charge in [0.15, 0.2) is 0 Å². The van der Waals surface area contributed by atoms with Crippen LogP contribution in [0.2, 0.25) is 0 Å². The standard InChI is InChI=1S/C13H19N5O/c1-8(11-6-14-17(4)9(11)2)16-13(19)12-7-15-18(5)10(12)3/h6-8H,1-5H3,(H,16,19). The van der Waals surface area contributed by atoms with E-state index in [4.69, 9.17) is 0 Å². The number of amides is 1. The van der Waals surface area contributed by atoms with Crippen molar-refractivity contribution < 1.29 is 4.79 Å². The quantitative estimate of drug-likeness (QED) is 0.904. The van der Waals surface area contributed by atoms with Gasteiger partial charge in [-0.1, -0.05) is 0 Å². The van der Waals surface area contributed by atoms with Gasteiger partial charge in [0.1, 0.15) is 0 Å². The van der Waals surface area contributed by atoms with Gasteiger partial charge in [0.25, 0.3) is 5.91 Å². The molecule has 0 aliphatic carbocycles. The Kier molecular flexibility index (Phi) is 3.42. The molecule has 1 amide bonds. The molecule has 0 radical (unpaired) electrons. The highest BCUT2D eigenvalue weighted by atomic mass is 16.1. The van der Waals surface area contributed by atoms with E-state index in [0.29, 0.717) is 5.56 Å². The van der Waals surface area contributed by atoms with Gasteiger partial charge in [0.2, 0.25) is 0 Å². The van der Waals surface area contributed by atoms with Gasteiger partial charge >= 0.3 is 0 Å². The lowest BCUT2D eigenvalue weighted by atomic mass is 10.1. The molecule has 6 nitrogen and oxygen atoms in total. The van der Waals surface area contributed by atoms with Gasteiger partial charge in [-0.15, -0.1) is 0 Å². The molecule has 0 saturated heterocycles. The topological polar surface area (TPSA) is 64.7 Å². The highest BCUT2D eigenvalue weighted by Gasteiger charge is 2.18. The molecular formula is C13H19N5O. The number of hydrogen-bond acceptors (Lipinski definition) is 3. The van der Waals surface area contributed by atoms with E-state index < -0.39 is 0 Å². The zero-order valence-electron chi connectivity index (χ0n) is 11.9. The summed E-state index contributed by atoms with van der Waals surface area (Å²) in [6.45, 7) is 5.82. The Morgan fingerprint density at radius 2 is 1.74 bits per heavy atom. The smallest absolute Gasteiger partial charge is 0.255 e. The van der Waals surface area contributed by atoms with Crippen LogP contribution >= 0.6 is 0 Å². The number of aryl methyl sites for hydroxylation is 2. The van der Waals surface area contributed by atoms with Gasteiger partial charge in [-0.2, -0.15) is 10.2 Å². The number of carbonyl (C=O) groups is 1. The molecule has 1 unspecified atom stereocenters. The first kappa shape index (κ1) is 13.3. The zero-order chi connectivity index (χ0) is 14.2. The molecule has 0 bridgehead atoms. The highest BCUT2D eigenvalue weighted by molar-refractivity contribution is 5.95. The van der Waals surface area contributed by atoms with Crippen molar-refractivity contribution in [3.63, 3.8) is 0 Å². The monoisotopic (exact) mass is 261 g/mol. The van der Waals surface area contributed by atoms with Crippen molar-refractivity contribution in [2.45, 2.75) is 26.8 Å². The summed E-state index contributed by atoms with van der Waals surface area (Å²) in [7, 11) is 3.71. The van der Waals surface area contributed by atoms with Crippen LogP contribution < -0.4 is 5.32 Å². The Hall–Kier alpha value is -2.11. The Labute approximate surface area is 112 Å². The van der Waals surface area contributed by atoms with E-state index >= 15 is 0 Å². The predicted octanol–water partition coefficient (Wildman–Crippen LogP) is 1.26. The molecule has 102 valence electrons. The van der Waals surface area contributed by atoms with Crippen LogP contribution in [0, 0.1) is 13.8 Å². The molecule has 1 N–H and O–H groups in total.